The summed E-state index contributed by atoms with van der Waals surface area (Å²) in [4.78, 5) is 28.5. The van der Waals surface area contributed by atoms with Crippen LogP contribution in [0.25, 0.3) is 90.6 Å². The molecule has 0 fully saturated rings. The van der Waals surface area contributed by atoms with E-state index < -0.39 is 28.9 Å². The highest BCUT2D eigenvalue weighted by Gasteiger charge is 2.72. The summed E-state index contributed by atoms with van der Waals surface area (Å²) in [5, 5.41) is 0. The molecule has 69 heavy (non-hydrogen) atoms. The lowest BCUT2D eigenvalue weighted by Crippen LogP contribution is -2.54. The van der Waals surface area contributed by atoms with Crippen LogP contribution in [-0.2, 0) is 5.41 Å². The normalized spacial score (nSPS) is 11.9. The Balaban J connectivity index is 1.05. The van der Waals surface area contributed by atoms with Crippen molar-refractivity contribution < 1.29 is 26.3 Å². The minimum Gasteiger partial charge on any atom is -0.208 e. The van der Waals surface area contributed by atoms with E-state index in [1.807, 2.05) is 121 Å². The van der Waals surface area contributed by atoms with Crippen molar-refractivity contribution in [2.45, 2.75) is 17.8 Å². The maximum atomic E-state index is 15.8. The van der Waals surface area contributed by atoms with Crippen LogP contribution in [0.15, 0.2) is 218 Å². The van der Waals surface area contributed by atoms with Gasteiger partial charge >= 0.3 is 12.4 Å². The molecule has 0 N–H and O–H groups in total. The van der Waals surface area contributed by atoms with Gasteiger partial charge in [-0.25, -0.2) is 29.9 Å². The lowest BCUT2D eigenvalue weighted by atomic mass is 9.71. The fourth-order valence-electron chi connectivity index (χ4n) is 8.40. The van der Waals surface area contributed by atoms with Crippen molar-refractivity contribution in [3.63, 3.8) is 0 Å². The van der Waals surface area contributed by atoms with Gasteiger partial charge in [0, 0.05) is 33.4 Å². The molecule has 0 amide bonds. The number of alkyl halides is 6. The minimum absolute atomic E-state index is 0.124. The molecule has 0 saturated carbocycles. The summed E-state index contributed by atoms with van der Waals surface area (Å²) in [6.45, 7) is 0. The Morgan fingerprint density at radius 1 is 0.217 bits per heavy atom. The van der Waals surface area contributed by atoms with Crippen LogP contribution in [0.4, 0.5) is 26.3 Å². The molecule has 0 unspecified atom stereocenters. The second kappa shape index (κ2) is 18.2. The standard InChI is InChI=1S/C57H36F6N6/c58-56(59,60)55(57(61,62)63,47-31-15-27-43(35-47)41-25-13-29-45(33-41)53-66-49(37-17-5-1-6-18-37)64-50(67-53)38-19-7-2-8-20-38)48-32-16-28-44(36-48)42-26-14-30-46(34-42)54-68-51(39-21-9-3-10-22-39)65-52(69-54)40-23-11-4-12-24-40/h1-36H. The summed E-state index contributed by atoms with van der Waals surface area (Å²) in [6.07, 6.45) is -11.7. The summed E-state index contributed by atoms with van der Waals surface area (Å²) in [6, 6.07) is 59.5. The Bertz CT molecular complexity index is 3080. The van der Waals surface area contributed by atoms with E-state index in [-0.39, 0.29) is 22.8 Å². The molecule has 336 valence electrons. The molecule has 0 aliphatic carbocycles. The van der Waals surface area contributed by atoms with E-state index >= 15 is 26.3 Å². The van der Waals surface area contributed by atoms with Crippen LogP contribution < -0.4 is 0 Å². The molecule has 10 rings (SSSR count). The largest absolute Gasteiger partial charge is 0.411 e. The topological polar surface area (TPSA) is 77.3 Å². The number of benzene rings is 8. The van der Waals surface area contributed by atoms with Gasteiger partial charge in [0.2, 0.25) is 5.41 Å². The maximum Gasteiger partial charge on any atom is 0.411 e. The van der Waals surface area contributed by atoms with E-state index in [0.717, 1.165) is 46.5 Å². The average Bonchev–Trinajstić information content (AvgIpc) is 3.39. The van der Waals surface area contributed by atoms with Gasteiger partial charge in [0.05, 0.1) is 0 Å². The Kier molecular flexibility index (Phi) is 11.7. The molecule has 0 spiro atoms. The lowest BCUT2D eigenvalue weighted by Gasteiger charge is -2.38. The molecule has 0 atom stereocenters. The molecule has 2 aromatic heterocycles. The molecular formula is C57H36F6N6. The molecule has 0 radical (unpaired) electrons. The molecule has 0 saturated heterocycles. The van der Waals surface area contributed by atoms with Gasteiger partial charge in [-0.2, -0.15) is 26.3 Å². The third kappa shape index (κ3) is 8.75. The van der Waals surface area contributed by atoms with Crippen molar-refractivity contribution in [2.24, 2.45) is 0 Å². The second-order valence-corrected chi connectivity index (χ2v) is 16.1. The van der Waals surface area contributed by atoms with Crippen molar-refractivity contribution in [2.75, 3.05) is 0 Å². The number of rotatable bonds is 10. The Morgan fingerprint density at radius 3 is 0.710 bits per heavy atom. The monoisotopic (exact) mass is 918 g/mol. The molecule has 12 heteroatoms. The van der Waals surface area contributed by atoms with Crippen molar-refractivity contribution in [3.05, 3.63) is 230 Å². The molecule has 10 aromatic rings. The molecule has 0 aliphatic heterocycles. The maximum absolute atomic E-state index is 15.8. The van der Waals surface area contributed by atoms with E-state index in [2.05, 4.69) is 0 Å². The number of hydrogen-bond acceptors (Lipinski definition) is 6. The molecule has 8 aromatic carbocycles. The zero-order chi connectivity index (χ0) is 47.6. The highest BCUT2D eigenvalue weighted by molar-refractivity contribution is 5.76. The summed E-state index contributed by atoms with van der Waals surface area (Å²) in [5.74, 6) is 2.10. The highest BCUT2D eigenvalue weighted by Crippen LogP contribution is 2.57. The summed E-state index contributed by atoms with van der Waals surface area (Å²) < 4.78 is 95.0. The number of aromatic nitrogens is 6. The van der Waals surface area contributed by atoms with Gasteiger partial charge in [-0.05, 0) is 57.6 Å². The quantitative estimate of drug-likeness (QED) is 0.127. The summed E-state index contributed by atoms with van der Waals surface area (Å²) in [5.41, 5.74) is -1.61. The fraction of sp³-hybridized carbons (Fsp3) is 0.0526. The molecule has 0 bridgehead atoms. The van der Waals surface area contributed by atoms with Crippen molar-refractivity contribution in [1.82, 2.24) is 29.9 Å². The smallest absolute Gasteiger partial charge is 0.208 e. The first kappa shape index (κ1) is 44.2. The van der Waals surface area contributed by atoms with Crippen molar-refractivity contribution in [1.29, 1.82) is 0 Å². The number of halogens is 6. The van der Waals surface area contributed by atoms with Gasteiger partial charge in [0.15, 0.2) is 34.9 Å². The van der Waals surface area contributed by atoms with Crippen molar-refractivity contribution >= 4 is 0 Å². The first-order valence-corrected chi connectivity index (χ1v) is 21.7. The van der Waals surface area contributed by atoms with Gasteiger partial charge in [0.1, 0.15) is 0 Å². The minimum atomic E-state index is -5.84. The van der Waals surface area contributed by atoms with Gasteiger partial charge in [-0.1, -0.05) is 194 Å². The number of hydrogen-bond donors (Lipinski definition) is 0. The SMILES string of the molecule is FC(F)(F)C(c1cccc(-c2cccc(-c3nc(-c4ccccc4)nc(-c4ccccc4)n3)c2)c1)(c1cccc(-c2cccc(-c3nc(-c4ccccc4)nc(-c4ccccc4)n3)c2)c1)C(F)(F)F. The van der Waals surface area contributed by atoms with E-state index in [4.69, 9.17) is 29.9 Å². The Morgan fingerprint density at radius 2 is 0.435 bits per heavy atom. The van der Waals surface area contributed by atoms with Crippen LogP contribution in [0.1, 0.15) is 11.1 Å². The van der Waals surface area contributed by atoms with E-state index in [9.17, 15) is 0 Å². The van der Waals surface area contributed by atoms with Gasteiger partial charge in [-0.3, -0.25) is 0 Å². The number of nitrogens with zero attached hydrogens (tertiary/aromatic N) is 6. The van der Waals surface area contributed by atoms with E-state index in [0.29, 0.717) is 45.6 Å². The van der Waals surface area contributed by atoms with Crippen LogP contribution >= 0.6 is 0 Å². The van der Waals surface area contributed by atoms with Gasteiger partial charge < -0.3 is 0 Å². The van der Waals surface area contributed by atoms with E-state index in [1.165, 1.54) is 24.3 Å². The molecule has 2 heterocycles. The van der Waals surface area contributed by atoms with Crippen LogP contribution in [0.3, 0.4) is 0 Å². The van der Waals surface area contributed by atoms with Crippen LogP contribution in [0.5, 0.6) is 0 Å². The van der Waals surface area contributed by atoms with Gasteiger partial charge in [0.25, 0.3) is 0 Å². The summed E-state index contributed by atoms with van der Waals surface area (Å²) in [7, 11) is 0. The second-order valence-electron chi connectivity index (χ2n) is 16.1. The average molecular weight is 919 g/mol. The predicted octanol–water partition coefficient (Wildman–Crippen LogP) is 14.8. The fourth-order valence-corrected chi connectivity index (χ4v) is 8.40. The Labute approximate surface area is 392 Å². The summed E-state index contributed by atoms with van der Waals surface area (Å²) >= 11 is 0. The zero-order valence-corrected chi connectivity index (χ0v) is 36.2. The highest BCUT2D eigenvalue weighted by atomic mass is 19.4. The third-order valence-corrected chi connectivity index (χ3v) is 11.7. The molecule has 6 nitrogen and oxygen atoms in total. The first-order valence-electron chi connectivity index (χ1n) is 21.7. The Hall–Kier alpha value is -8.64. The van der Waals surface area contributed by atoms with Crippen LogP contribution in [0.2, 0.25) is 0 Å². The first-order chi connectivity index (χ1) is 33.4. The lowest BCUT2D eigenvalue weighted by molar-refractivity contribution is -0.288. The van der Waals surface area contributed by atoms with Crippen LogP contribution in [0, 0.1) is 0 Å². The molecule has 0 aliphatic rings. The third-order valence-electron chi connectivity index (χ3n) is 11.7. The zero-order valence-electron chi connectivity index (χ0n) is 36.2. The van der Waals surface area contributed by atoms with Crippen LogP contribution in [-0.4, -0.2) is 42.3 Å². The van der Waals surface area contributed by atoms with Gasteiger partial charge in [-0.15, -0.1) is 0 Å². The van der Waals surface area contributed by atoms with Crippen molar-refractivity contribution in [3.8, 4) is 90.6 Å². The molecular weight excluding hydrogens is 883 g/mol. The predicted molar refractivity (Wildman–Crippen MR) is 256 cm³/mol. The van der Waals surface area contributed by atoms with E-state index in [1.54, 1.807) is 48.5 Å².